The summed E-state index contributed by atoms with van der Waals surface area (Å²) in [6.07, 6.45) is 7.06. The lowest BCUT2D eigenvalue weighted by Gasteiger charge is -2.34. The minimum atomic E-state index is -0.0720. The van der Waals surface area contributed by atoms with Gasteiger partial charge in [-0.05, 0) is 18.9 Å². The molecule has 7 heteroatoms. The molecule has 3 rings (SSSR count). The van der Waals surface area contributed by atoms with Crippen LogP contribution in [0.4, 0.5) is 5.69 Å². The predicted molar refractivity (Wildman–Crippen MR) is 86.7 cm³/mol. The van der Waals surface area contributed by atoms with Gasteiger partial charge in [-0.2, -0.15) is 5.10 Å². The van der Waals surface area contributed by atoms with Gasteiger partial charge in [-0.1, -0.05) is 0 Å². The van der Waals surface area contributed by atoms with Gasteiger partial charge in [-0.15, -0.1) is 0 Å². The molecule has 0 aromatic carbocycles. The molecule has 1 amide bonds. The van der Waals surface area contributed by atoms with E-state index in [1.165, 1.54) is 0 Å². The van der Waals surface area contributed by atoms with Crippen molar-refractivity contribution >= 4 is 11.6 Å². The Morgan fingerprint density at radius 1 is 1.48 bits per heavy atom. The van der Waals surface area contributed by atoms with Gasteiger partial charge in [-0.25, -0.2) is 4.98 Å². The Morgan fingerprint density at radius 2 is 2.35 bits per heavy atom. The lowest BCUT2D eigenvalue weighted by Crippen LogP contribution is -2.47. The number of pyridine rings is 1. The molecule has 1 saturated heterocycles. The molecule has 2 aromatic rings. The van der Waals surface area contributed by atoms with Crippen molar-refractivity contribution in [1.82, 2.24) is 20.1 Å². The summed E-state index contributed by atoms with van der Waals surface area (Å²) in [7, 11) is 3.41. The number of hydrogen-bond donors (Lipinski definition) is 1. The molecular weight excluding hydrogens is 294 g/mol. The Labute approximate surface area is 135 Å². The number of nitrogens with one attached hydrogen (secondary N) is 1. The van der Waals surface area contributed by atoms with Crippen molar-refractivity contribution in [3.63, 3.8) is 0 Å². The van der Waals surface area contributed by atoms with Crippen LogP contribution >= 0.6 is 0 Å². The molecule has 1 aliphatic heterocycles. The summed E-state index contributed by atoms with van der Waals surface area (Å²) in [5.74, 6) is 0.529. The molecule has 7 nitrogen and oxygen atoms in total. The molecule has 0 saturated carbocycles. The van der Waals surface area contributed by atoms with E-state index in [9.17, 15) is 4.79 Å². The summed E-state index contributed by atoms with van der Waals surface area (Å²) in [6, 6.07) is 4.01. The molecular formula is C16H21N5O2. The molecule has 2 aromatic heterocycles. The van der Waals surface area contributed by atoms with E-state index in [0.717, 1.165) is 31.6 Å². The summed E-state index contributed by atoms with van der Waals surface area (Å²) in [5, 5.41) is 7.13. The molecule has 1 aliphatic rings. The quantitative estimate of drug-likeness (QED) is 0.918. The van der Waals surface area contributed by atoms with Crippen LogP contribution in [0, 0.1) is 0 Å². The highest BCUT2D eigenvalue weighted by atomic mass is 16.5. The van der Waals surface area contributed by atoms with Crippen LogP contribution in [-0.2, 0) is 7.05 Å². The molecule has 0 aliphatic carbocycles. The second kappa shape index (κ2) is 6.68. The van der Waals surface area contributed by atoms with Gasteiger partial charge < -0.3 is 15.0 Å². The summed E-state index contributed by atoms with van der Waals surface area (Å²) < 4.78 is 6.81. The van der Waals surface area contributed by atoms with Crippen LogP contribution in [-0.4, -0.2) is 46.9 Å². The monoisotopic (exact) mass is 315 g/mol. The number of anilines is 1. The second-order valence-electron chi connectivity index (χ2n) is 5.72. The van der Waals surface area contributed by atoms with Crippen molar-refractivity contribution in [1.29, 1.82) is 0 Å². The van der Waals surface area contributed by atoms with Gasteiger partial charge in [-0.3, -0.25) is 9.48 Å². The molecule has 122 valence electrons. The fourth-order valence-electron chi connectivity index (χ4n) is 2.84. The van der Waals surface area contributed by atoms with E-state index in [1.807, 2.05) is 12.1 Å². The van der Waals surface area contributed by atoms with E-state index in [4.69, 9.17) is 4.74 Å². The Balaban J connectivity index is 1.64. The average Bonchev–Trinajstić information content (AvgIpc) is 3.02. The van der Waals surface area contributed by atoms with E-state index in [2.05, 4.69) is 20.3 Å². The number of rotatable bonds is 4. The van der Waals surface area contributed by atoms with Gasteiger partial charge in [0.25, 0.3) is 5.91 Å². The van der Waals surface area contributed by atoms with E-state index in [0.29, 0.717) is 11.4 Å². The third-order valence-electron chi connectivity index (χ3n) is 4.02. The maximum Gasteiger partial charge on any atom is 0.254 e. The maximum absolute atomic E-state index is 12.3. The van der Waals surface area contributed by atoms with Crippen molar-refractivity contribution in [2.45, 2.75) is 18.9 Å². The van der Waals surface area contributed by atoms with Crippen molar-refractivity contribution in [3.8, 4) is 5.88 Å². The first-order valence-corrected chi connectivity index (χ1v) is 7.70. The standard InChI is InChI=1S/C16H21N5O2/c1-20-10-12(9-18-20)16(22)19-13-4-3-7-21(11-13)14-5-6-17-15(8-14)23-2/h5-6,8-10,13H,3-4,7,11H2,1-2H3,(H,19,22). The molecule has 1 N–H and O–H groups in total. The zero-order chi connectivity index (χ0) is 16.2. The van der Waals surface area contributed by atoms with Crippen molar-refractivity contribution in [2.75, 3.05) is 25.1 Å². The van der Waals surface area contributed by atoms with E-state index >= 15 is 0 Å². The number of aryl methyl sites for hydroxylation is 1. The van der Waals surface area contributed by atoms with Crippen LogP contribution in [0.3, 0.4) is 0 Å². The van der Waals surface area contributed by atoms with E-state index < -0.39 is 0 Å². The van der Waals surface area contributed by atoms with Crippen LogP contribution in [0.1, 0.15) is 23.2 Å². The zero-order valence-corrected chi connectivity index (χ0v) is 13.4. The zero-order valence-electron chi connectivity index (χ0n) is 13.4. The van der Waals surface area contributed by atoms with Gasteiger partial charge in [0, 0.05) is 50.3 Å². The van der Waals surface area contributed by atoms with Gasteiger partial charge >= 0.3 is 0 Å². The predicted octanol–water partition coefficient (Wildman–Crippen LogP) is 1.22. The molecule has 0 spiro atoms. The van der Waals surface area contributed by atoms with Gasteiger partial charge in [0.2, 0.25) is 5.88 Å². The van der Waals surface area contributed by atoms with E-state index in [-0.39, 0.29) is 11.9 Å². The molecule has 0 bridgehead atoms. The topological polar surface area (TPSA) is 72.3 Å². The van der Waals surface area contributed by atoms with Crippen molar-refractivity contribution < 1.29 is 9.53 Å². The molecule has 1 atom stereocenters. The first-order valence-electron chi connectivity index (χ1n) is 7.70. The first-order chi connectivity index (χ1) is 11.2. The molecule has 1 fully saturated rings. The maximum atomic E-state index is 12.3. The number of methoxy groups -OCH3 is 1. The number of piperidine rings is 1. The minimum absolute atomic E-state index is 0.0720. The second-order valence-corrected chi connectivity index (χ2v) is 5.72. The highest BCUT2D eigenvalue weighted by Crippen LogP contribution is 2.22. The summed E-state index contributed by atoms with van der Waals surface area (Å²) in [5.41, 5.74) is 1.66. The number of hydrogen-bond acceptors (Lipinski definition) is 5. The molecule has 0 radical (unpaired) electrons. The highest BCUT2D eigenvalue weighted by molar-refractivity contribution is 5.93. The SMILES string of the molecule is COc1cc(N2CCCC(NC(=O)c3cnn(C)c3)C2)ccn1. The summed E-state index contributed by atoms with van der Waals surface area (Å²) in [4.78, 5) is 18.6. The van der Waals surface area contributed by atoms with E-state index in [1.54, 1.807) is 37.4 Å². The number of amides is 1. The lowest BCUT2D eigenvalue weighted by atomic mass is 10.0. The number of carbonyl (C=O) groups is 1. The van der Waals surface area contributed by atoms with Gasteiger partial charge in [0.05, 0.1) is 18.9 Å². The Kier molecular flexibility index (Phi) is 4.45. The fraction of sp³-hybridized carbons (Fsp3) is 0.438. The Bertz CT molecular complexity index is 685. The largest absolute Gasteiger partial charge is 0.481 e. The average molecular weight is 315 g/mol. The third kappa shape index (κ3) is 3.61. The van der Waals surface area contributed by atoms with Crippen molar-refractivity contribution in [3.05, 3.63) is 36.3 Å². The smallest absolute Gasteiger partial charge is 0.254 e. The third-order valence-corrected chi connectivity index (χ3v) is 4.02. The minimum Gasteiger partial charge on any atom is -0.481 e. The Hall–Kier alpha value is -2.57. The lowest BCUT2D eigenvalue weighted by molar-refractivity contribution is 0.0933. The van der Waals surface area contributed by atoms with Crippen LogP contribution in [0.2, 0.25) is 0 Å². The number of carbonyl (C=O) groups excluding carboxylic acids is 1. The number of aromatic nitrogens is 3. The summed E-state index contributed by atoms with van der Waals surface area (Å²) in [6.45, 7) is 1.74. The summed E-state index contributed by atoms with van der Waals surface area (Å²) >= 11 is 0. The number of nitrogens with zero attached hydrogens (tertiary/aromatic N) is 4. The van der Waals surface area contributed by atoms with Gasteiger partial charge in [0.15, 0.2) is 0 Å². The highest BCUT2D eigenvalue weighted by Gasteiger charge is 2.22. The van der Waals surface area contributed by atoms with Gasteiger partial charge in [0.1, 0.15) is 0 Å². The first kappa shape index (κ1) is 15.3. The van der Waals surface area contributed by atoms with Crippen molar-refractivity contribution in [2.24, 2.45) is 7.05 Å². The molecule has 3 heterocycles. The van der Waals surface area contributed by atoms with Crippen LogP contribution in [0.5, 0.6) is 5.88 Å². The van der Waals surface area contributed by atoms with Crippen LogP contribution in [0.15, 0.2) is 30.7 Å². The Morgan fingerprint density at radius 3 is 3.09 bits per heavy atom. The fourth-order valence-corrected chi connectivity index (χ4v) is 2.84. The van der Waals surface area contributed by atoms with Crippen LogP contribution < -0.4 is 15.0 Å². The number of ether oxygens (including phenoxy) is 1. The van der Waals surface area contributed by atoms with Crippen LogP contribution in [0.25, 0.3) is 0 Å². The normalized spacial score (nSPS) is 17.8. The molecule has 1 unspecified atom stereocenters. The molecule has 23 heavy (non-hydrogen) atoms.